The molecule has 0 aliphatic carbocycles. The van der Waals surface area contributed by atoms with Crippen molar-refractivity contribution in [3.63, 3.8) is 0 Å². The van der Waals surface area contributed by atoms with Crippen LogP contribution in [0.3, 0.4) is 0 Å². The summed E-state index contributed by atoms with van der Waals surface area (Å²) in [6.07, 6.45) is 0.366. The Morgan fingerprint density at radius 1 is 1.11 bits per heavy atom. The molecule has 0 atom stereocenters. The molecule has 3 aromatic rings. The molecule has 0 saturated carbocycles. The molecular weight excluding hydrogens is 346 g/mol. The van der Waals surface area contributed by atoms with Gasteiger partial charge in [-0.2, -0.15) is 0 Å². The zero-order chi connectivity index (χ0) is 19.2. The number of amides is 1. The second-order valence-corrected chi connectivity index (χ2v) is 5.86. The molecule has 0 fully saturated rings. The minimum Gasteiger partial charge on any atom is -0.497 e. The number of aromatic nitrogens is 3. The Morgan fingerprint density at radius 3 is 2.52 bits per heavy atom. The number of H-pyrrole nitrogens is 1. The Bertz CT molecular complexity index is 999. The Morgan fingerprint density at radius 2 is 1.85 bits per heavy atom. The van der Waals surface area contributed by atoms with Crippen molar-refractivity contribution in [2.45, 2.75) is 13.3 Å². The summed E-state index contributed by atoms with van der Waals surface area (Å²) >= 11 is 0. The number of anilines is 3. The highest BCUT2D eigenvalue weighted by Crippen LogP contribution is 2.17. The number of benzene rings is 2. The van der Waals surface area contributed by atoms with Crippen LogP contribution in [0.5, 0.6) is 5.75 Å². The van der Waals surface area contributed by atoms with Crippen molar-refractivity contribution in [2.24, 2.45) is 0 Å². The third kappa shape index (κ3) is 4.91. The van der Waals surface area contributed by atoms with Crippen LogP contribution in [0.25, 0.3) is 0 Å². The van der Waals surface area contributed by atoms with Gasteiger partial charge in [0, 0.05) is 24.7 Å². The van der Waals surface area contributed by atoms with Gasteiger partial charge in [0.25, 0.3) is 5.56 Å². The number of nitrogens with zero attached hydrogens (tertiary/aromatic N) is 2. The Labute approximate surface area is 155 Å². The van der Waals surface area contributed by atoms with Crippen LogP contribution in [0, 0.1) is 0 Å². The van der Waals surface area contributed by atoms with E-state index in [4.69, 9.17) is 4.74 Å². The molecule has 1 heterocycles. The monoisotopic (exact) mass is 365 g/mol. The number of nitrogens with one attached hydrogen (secondary N) is 3. The van der Waals surface area contributed by atoms with Crippen molar-refractivity contribution >= 4 is 23.2 Å². The molecular formula is C19H19N5O3. The second kappa shape index (κ2) is 8.13. The molecule has 138 valence electrons. The van der Waals surface area contributed by atoms with Gasteiger partial charge in [0.05, 0.1) is 7.11 Å². The molecule has 3 N–H and O–H groups in total. The summed E-state index contributed by atoms with van der Waals surface area (Å²) in [5.41, 5.74) is 2.23. The minimum atomic E-state index is -0.318. The van der Waals surface area contributed by atoms with Gasteiger partial charge in [0.1, 0.15) is 11.4 Å². The average Bonchev–Trinajstić information content (AvgIpc) is 2.64. The number of aromatic amines is 1. The number of methoxy groups -OCH3 is 1. The van der Waals surface area contributed by atoms with E-state index in [1.165, 1.54) is 6.92 Å². The molecule has 0 bridgehead atoms. The molecule has 0 radical (unpaired) electrons. The quantitative estimate of drug-likeness (QED) is 0.619. The van der Waals surface area contributed by atoms with Crippen LogP contribution in [-0.2, 0) is 11.2 Å². The highest BCUT2D eigenvalue weighted by molar-refractivity contribution is 5.89. The van der Waals surface area contributed by atoms with E-state index in [1.54, 1.807) is 31.4 Å². The lowest BCUT2D eigenvalue weighted by atomic mass is 10.1. The largest absolute Gasteiger partial charge is 0.497 e. The first-order valence-corrected chi connectivity index (χ1v) is 8.27. The molecule has 8 nitrogen and oxygen atoms in total. The van der Waals surface area contributed by atoms with Crippen LogP contribution in [0.1, 0.15) is 18.2 Å². The molecule has 2 aromatic carbocycles. The van der Waals surface area contributed by atoms with Crippen molar-refractivity contribution in [1.82, 2.24) is 15.2 Å². The average molecular weight is 365 g/mol. The summed E-state index contributed by atoms with van der Waals surface area (Å²) in [5.74, 6) is 0.807. The molecule has 1 amide bonds. The fourth-order valence-electron chi connectivity index (χ4n) is 2.48. The fourth-order valence-corrected chi connectivity index (χ4v) is 2.48. The SMILES string of the molecule is COc1ccc(Cc2nnc(Nc3cccc(NC(C)=O)c3)[nH]c2=O)cc1. The number of hydrogen-bond acceptors (Lipinski definition) is 6. The van der Waals surface area contributed by atoms with Crippen molar-refractivity contribution in [1.29, 1.82) is 0 Å². The van der Waals surface area contributed by atoms with Crippen LogP contribution in [-0.4, -0.2) is 28.2 Å². The smallest absolute Gasteiger partial charge is 0.274 e. The first-order chi connectivity index (χ1) is 13.0. The molecule has 0 saturated heterocycles. The van der Waals surface area contributed by atoms with Crippen LogP contribution >= 0.6 is 0 Å². The van der Waals surface area contributed by atoms with Crippen molar-refractivity contribution in [2.75, 3.05) is 17.7 Å². The maximum Gasteiger partial charge on any atom is 0.274 e. The highest BCUT2D eigenvalue weighted by atomic mass is 16.5. The maximum absolute atomic E-state index is 12.3. The van der Waals surface area contributed by atoms with Gasteiger partial charge in [-0.1, -0.05) is 18.2 Å². The molecule has 3 rings (SSSR count). The molecule has 1 aromatic heterocycles. The van der Waals surface area contributed by atoms with Gasteiger partial charge < -0.3 is 15.4 Å². The lowest BCUT2D eigenvalue weighted by molar-refractivity contribution is -0.114. The van der Waals surface area contributed by atoms with Crippen LogP contribution < -0.4 is 20.9 Å². The highest BCUT2D eigenvalue weighted by Gasteiger charge is 2.07. The zero-order valence-electron chi connectivity index (χ0n) is 14.9. The molecule has 0 spiro atoms. The van der Waals surface area contributed by atoms with Gasteiger partial charge in [0.2, 0.25) is 11.9 Å². The third-order valence-electron chi connectivity index (χ3n) is 3.74. The molecule has 0 aliphatic heterocycles. The van der Waals surface area contributed by atoms with Gasteiger partial charge in [-0.3, -0.25) is 14.6 Å². The predicted molar refractivity (Wildman–Crippen MR) is 102 cm³/mol. The summed E-state index contributed by atoms with van der Waals surface area (Å²) in [7, 11) is 1.60. The van der Waals surface area contributed by atoms with Crippen LogP contribution in [0.2, 0.25) is 0 Å². The van der Waals surface area contributed by atoms with Crippen LogP contribution in [0.15, 0.2) is 53.3 Å². The lowest BCUT2D eigenvalue weighted by Crippen LogP contribution is -2.18. The topological polar surface area (TPSA) is 109 Å². The number of carbonyl (C=O) groups excluding carboxylic acids is 1. The van der Waals surface area contributed by atoms with E-state index in [9.17, 15) is 9.59 Å². The van der Waals surface area contributed by atoms with E-state index in [-0.39, 0.29) is 17.4 Å². The first kappa shape index (κ1) is 18.1. The normalized spacial score (nSPS) is 10.3. The van der Waals surface area contributed by atoms with E-state index in [2.05, 4.69) is 25.8 Å². The third-order valence-corrected chi connectivity index (χ3v) is 3.74. The molecule has 8 heteroatoms. The van der Waals surface area contributed by atoms with Crippen molar-refractivity contribution in [3.05, 3.63) is 70.1 Å². The van der Waals surface area contributed by atoms with E-state index in [1.807, 2.05) is 24.3 Å². The van der Waals surface area contributed by atoms with Gasteiger partial charge in [0.15, 0.2) is 0 Å². The Balaban J connectivity index is 1.72. The lowest BCUT2D eigenvalue weighted by Gasteiger charge is -2.08. The minimum absolute atomic E-state index is 0.164. The Hall–Kier alpha value is -3.68. The van der Waals surface area contributed by atoms with Crippen molar-refractivity contribution < 1.29 is 9.53 Å². The van der Waals surface area contributed by atoms with E-state index < -0.39 is 0 Å². The molecule has 0 aliphatic rings. The first-order valence-electron chi connectivity index (χ1n) is 8.27. The maximum atomic E-state index is 12.3. The van der Waals surface area contributed by atoms with E-state index >= 15 is 0 Å². The molecule has 27 heavy (non-hydrogen) atoms. The van der Waals surface area contributed by atoms with Crippen molar-refractivity contribution in [3.8, 4) is 5.75 Å². The summed E-state index contributed by atoms with van der Waals surface area (Å²) in [6, 6.07) is 14.5. The zero-order valence-corrected chi connectivity index (χ0v) is 14.9. The predicted octanol–water partition coefficient (Wildman–Crippen LogP) is 2.47. The van der Waals surface area contributed by atoms with Crippen LogP contribution in [0.4, 0.5) is 17.3 Å². The van der Waals surface area contributed by atoms with E-state index in [0.717, 1.165) is 11.3 Å². The van der Waals surface area contributed by atoms with Gasteiger partial charge in [-0.25, -0.2) is 0 Å². The molecule has 0 unspecified atom stereocenters. The van der Waals surface area contributed by atoms with Gasteiger partial charge in [-0.15, -0.1) is 10.2 Å². The summed E-state index contributed by atoms with van der Waals surface area (Å²) in [5, 5.41) is 13.7. The fraction of sp³-hybridized carbons (Fsp3) is 0.158. The number of rotatable bonds is 6. The van der Waals surface area contributed by atoms with Gasteiger partial charge in [-0.05, 0) is 35.9 Å². The number of ether oxygens (including phenoxy) is 1. The summed E-state index contributed by atoms with van der Waals surface area (Å²) in [4.78, 5) is 26.1. The summed E-state index contributed by atoms with van der Waals surface area (Å²) in [6.45, 7) is 1.44. The standard InChI is InChI=1S/C19H19N5O3/c1-12(25)20-14-4-3-5-15(11-14)21-19-22-18(26)17(23-24-19)10-13-6-8-16(27-2)9-7-13/h3-9,11H,10H2,1-2H3,(H,20,25)(H2,21,22,24,26). The second-order valence-electron chi connectivity index (χ2n) is 5.86. The van der Waals surface area contributed by atoms with Gasteiger partial charge >= 0.3 is 0 Å². The Kier molecular flexibility index (Phi) is 5.46. The number of carbonyl (C=O) groups is 1. The van der Waals surface area contributed by atoms with E-state index in [0.29, 0.717) is 23.5 Å². The summed E-state index contributed by atoms with van der Waals surface area (Å²) < 4.78 is 5.12. The number of hydrogen-bond donors (Lipinski definition) is 3.